The van der Waals surface area contributed by atoms with Gasteiger partial charge in [0.15, 0.2) is 0 Å². The van der Waals surface area contributed by atoms with Crippen LogP contribution in [0.2, 0.25) is 0 Å². The van der Waals surface area contributed by atoms with Crippen LogP contribution in [0.4, 0.5) is 0 Å². The van der Waals surface area contributed by atoms with E-state index in [1.54, 1.807) is 0 Å². The van der Waals surface area contributed by atoms with Crippen molar-refractivity contribution in [1.29, 1.82) is 0 Å². The number of halogens is 1. The number of aliphatic hydroxyl groups excluding tert-OH is 2. The van der Waals surface area contributed by atoms with Gasteiger partial charge in [-0.25, -0.2) is 0 Å². The van der Waals surface area contributed by atoms with E-state index in [0.717, 1.165) is 32.6 Å². The molecule has 138 valence electrons. The van der Waals surface area contributed by atoms with Crippen molar-refractivity contribution >= 4 is 5.84 Å². The highest BCUT2D eigenvalue weighted by Crippen LogP contribution is 2.13. The lowest BCUT2D eigenvalue weighted by molar-refractivity contribution is -0.521. The summed E-state index contributed by atoms with van der Waals surface area (Å²) in [6.07, 6.45) is 13.3. The predicted molar refractivity (Wildman–Crippen MR) is 92.6 cm³/mol. The van der Waals surface area contributed by atoms with Gasteiger partial charge in [-0.05, 0) is 6.42 Å². The maximum atomic E-state index is 9.17. The summed E-state index contributed by atoms with van der Waals surface area (Å²) in [5.41, 5.74) is 0. The van der Waals surface area contributed by atoms with Crippen LogP contribution in [0, 0.1) is 0 Å². The fraction of sp³-hybridized carbons (Fsp3) is 0.944. The number of amidine groups is 1. The monoisotopic (exact) mass is 348 g/mol. The molecule has 0 saturated carbocycles. The topological polar surface area (TPSA) is 46.7 Å². The maximum absolute atomic E-state index is 9.17. The summed E-state index contributed by atoms with van der Waals surface area (Å²) >= 11 is 0. The number of hydrogen-bond donors (Lipinski definition) is 2. The lowest BCUT2D eigenvalue weighted by atomic mass is 10.1. The van der Waals surface area contributed by atoms with Crippen molar-refractivity contribution in [1.82, 2.24) is 4.90 Å². The van der Waals surface area contributed by atoms with E-state index in [1.807, 2.05) is 0 Å². The highest BCUT2D eigenvalue weighted by molar-refractivity contribution is 5.78. The summed E-state index contributed by atoms with van der Waals surface area (Å²) < 4.78 is 2.29. The Morgan fingerprint density at radius 2 is 1.52 bits per heavy atom. The normalized spacial score (nSPS) is 14.5. The summed E-state index contributed by atoms with van der Waals surface area (Å²) in [4.78, 5) is 2.29. The van der Waals surface area contributed by atoms with E-state index in [2.05, 4.69) is 16.4 Å². The number of aliphatic hydroxyl groups is 2. The lowest BCUT2D eigenvalue weighted by Crippen LogP contribution is -3.00. The number of unbranched alkanes of at least 4 members (excludes halogenated alkanes) is 8. The summed E-state index contributed by atoms with van der Waals surface area (Å²) in [5, 5.41) is 18.3. The SMILES string of the molecule is CCCCCCCCCCCC1=[N+](CCO)CCN1CCO.[Cl-]. The number of hydrogen-bond acceptors (Lipinski definition) is 3. The van der Waals surface area contributed by atoms with Crippen molar-refractivity contribution in [3.05, 3.63) is 0 Å². The Labute approximate surface area is 149 Å². The minimum absolute atomic E-state index is 0. The Kier molecular flexibility index (Phi) is 15.0. The van der Waals surface area contributed by atoms with Gasteiger partial charge in [-0.15, -0.1) is 0 Å². The van der Waals surface area contributed by atoms with E-state index >= 15 is 0 Å². The zero-order chi connectivity index (χ0) is 16.0. The van der Waals surface area contributed by atoms with Gasteiger partial charge in [-0.2, -0.15) is 0 Å². The Morgan fingerprint density at radius 3 is 2.09 bits per heavy atom. The Morgan fingerprint density at radius 1 is 0.913 bits per heavy atom. The molecule has 0 saturated heterocycles. The molecule has 0 aromatic rings. The highest BCUT2D eigenvalue weighted by Gasteiger charge is 2.28. The van der Waals surface area contributed by atoms with Gasteiger partial charge in [0, 0.05) is 6.42 Å². The zero-order valence-electron chi connectivity index (χ0n) is 15.0. The molecule has 1 aliphatic heterocycles. The average Bonchev–Trinajstić information content (AvgIpc) is 2.89. The molecule has 23 heavy (non-hydrogen) atoms. The van der Waals surface area contributed by atoms with Crippen LogP contribution in [0.1, 0.15) is 71.1 Å². The third kappa shape index (κ3) is 9.53. The molecule has 1 rings (SSSR count). The molecule has 0 fully saturated rings. The van der Waals surface area contributed by atoms with Crippen LogP contribution in [0.5, 0.6) is 0 Å². The fourth-order valence-corrected chi connectivity index (χ4v) is 3.33. The van der Waals surface area contributed by atoms with Gasteiger partial charge in [0.05, 0.1) is 13.2 Å². The van der Waals surface area contributed by atoms with E-state index in [-0.39, 0.29) is 25.6 Å². The third-order valence-electron chi connectivity index (χ3n) is 4.61. The smallest absolute Gasteiger partial charge is 0.247 e. The molecule has 2 N–H and O–H groups in total. The van der Waals surface area contributed by atoms with E-state index in [4.69, 9.17) is 10.2 Å². The quantitative estimate of drug-likeness (QED) is 0.332. The molecule has 0 unspecified atom stereocenters. The van der Waals surface area contributed by atoms with Crippen molar-refractivity contribution in [3.63, 3.8) is 0 Å². The zero-order valence-corrected chi connectivity index (χ0v) is 15.7. The second-order valence-electron chi connectivity index (χ2n) is 6.42. The summed E-state index contributed by atoms with van der Waals surface area (Å²) in [6.45, 7) is 6.15. The molecular weight excluding hydrogens is 312 g/mol. The van der Waals surface area contributed by atoms with Gasteiger partial charge in [0.2, 0.25) is 5.84 Å². The summed E-state index contributed by atoms with van der Waals surface area (Å²) in [7, 11) is 0. The Balaban J connectivity index is 0.00000484. The Hall–Kier alpha value is -0.320. The van der Waals surface area contributed by atoms with Crippen LogP contribution in [0.15, 0.2) is 0 Å². The summed E-state index contributed by atoms with van der Waals surface area (Å²) in [6, 6.07) is 0. The van der Waals surface area contributed by atoms with Gasteiger partial charge in [0.1, 0.15) is 26.2 Å². The van der Waals surface area contributed by atoms with Crippen molar-refractivity contribution < 1.29 is 27.2 Å². The van der Waals surface area contributed by atoms with Gasteiger partial charge < -0.3 is 22.6 Å². The molecule has 0 aromatic heterocycles. The minimum atomic E-state index is 0. The second-order valence-corrected chi connectivity index (χ2v) is 6.42. The highest BCUT2D eigenvalue weighted by atomic mass is 35.5. The first kappa shape index (κ1) is 22.7. The molecular formula is C18H37ClN2O2. The van der Waals surface area contributed by atoms with Gasteiger partial charge in [-0.3, -0.25) is 9.48 Å². The molecule has 5 heteroatoms. The largest absolute Gasteiger partial charge is 1.00 e. The molecule has 0 aromatic carbocycles. The van der Waals surface area contributed by atoms with Crippen molar-refractivity contribution in [2.75, 3.05) is 39.4 Å². The summed E-state index contributed by atoms with van der Waals surface area (Å²) in [5.74, 6) is 1.34. The van der Waals surface area contributed by atoms with E-state index in [1.165, 1.54) is 63.6 Å². The van der Waals surface area contributed by atoms with Crippen molar-refractivity contribution in [3.8, 4) is 0 Å². The van der Waals surface area contributed by atoms with Crippen molar-refractivity contribution in [2.45, 2.75) is 71.1 Å². The first-order chi connectivity index (χ1) is 10.8. The van der Waals surface area contributed by atoms with Crippen molar-refractivity contribution in [2.24, 2.45) is 0 Å². The van der Waals surface area contributed by atoms with E-state index < -0.39 is 0 Å². The Bertz CT molecular complexity index is 311. The van der Waals surface area contributed by atoms with Crippen LogP contribution < -0.4 is 12.4 Å². The number of rotatable bonds is 14. The average molecular weight is 349 g/mol. The minimum Gasteiger partial charge on any atom is -1.00 e. The van der Waals surface area contributed by atoms with Gasteiger partial charge >= 0.3 is 0 Å². The van der Waals surface area contributed by atoms with E-state index in [0.29, 0.717) is 0 Å². The van der Waals surface area contributed by atoms with Gasteiger partial charge in [-0.1, -0.05) is 58.3 Å². The molecule has 0 aliphatic carbocycles. The number of nitrogens with zero attached hydrogens (tertiary/aromatic N) is 2. The first-order valence-electron chi connectivity index (χ1n) is 9.41. The van der Waals surface area contributed by atoms with Gasteiger partial charge in [0.25, 0.3) is 0 Å². The van der Waals surface area contributed by atoms with Crippen LogP contribution in [0.3, 0.4) is 0 Å². The third-order valence-corrected chi connectivity index (χ3v) is 4.61. The van der Waals surface area contributed by atoms with Crippen LogP contribution in [-0.2, 0) is 0 Å². The number of β-amino-alcohol motifs (C(OH)–C–C–N with tert-alkyl or cyclic N) is 2. The molecule has 0 bridgehead atoms. The lowest BCUT2D eigenvalue weighted by Gasteiger charge is -2.12. The first-order valence-corrected chi connectivity index (χ1v) is 9.41. The molecule has 1 aliphatic rings. The molecule has 4 nitrogen and oxygen atoms in total. The molecule has 0 radical (unpaired) electrons. The standard InChI is InChI=1S/C18H37N2O2.ClH/c1-2-3-4-5-6-7-8-9-10-11-18-19(14-16-21)12-13-20(18)15-17-22;/h21-22H,2-17H2,1H3;1H/q+1;/p-1. The fourth-order valence-electron chi connectivity index (χ4n) is 3.33. The second kappa shape index (κ2) is 15.2. The predicted octanol–water partition coefficient (Wildman–Crippen LogP) is -0.377. The molecule has 1 heterocycles. The van der Waals surface area contributed by atoms with Crippen LogP contribution in [0.25, 0.3) is 0 Å². The maximum Gasteiger partial charge on any atom is 0.247 e. The van der Waals surface area contributed by atoms with Crippen LogP contribution >= 0.6 is 0 Å². The van der Waals surface area contributed by atoms with E-state index in [9.17, 15) is 0 Å². The van der Waals surface area contributed by atoms with Crippen LogP contribution in [-0.4, -0.2) is 64.9 Å². The molecule has 0 amide bonds. The molecule has 0 atom stereocenters. The molecule has 0 spiro atoms.